The van der Waals surface area contributed by atoms with Gasteiger partial charge < -0.3 is 5.11 Å². The molecule has 0 spiro atoms. The molecule has 0 aromatic carbocycles. The van der Waals surface area contributed by atoms with E-state index in [1.807, 2.05) is 0 Å². The van der Waals surface area contributed by atoms with Crippen molar-refractivity contribution in [3.63, 3.8) is 0 Å². The maximum Gasteiger partial charge on any atom is 0.304 e. The van der Waals surface area contributed by atoms with Crippen LogP contribution in [0.4, 0.5) is 5.82 Å². The summed E-state index contributed by atoms with van der Waals surface area (Å²) in [7, 11) is -3.72. The molecule has 7 nitrogen and oxygen atoms in total. The molecule has 1 heterocycles. The third-order valence-corrected chi connectivity index (χ3v) is 2.94. The number of aromatic nitrogens is 2. The van der Waals surface area contributed by atoms with E-state index in [1.165, 1.54) is 12.1 Å². The maximum atomic E-state index is 11.3. The van der Waals surface area contributed by atoms with Crippen molar-refractivity contribution >= 4 is 33.4 Å². The summed E-state index contributed by atoms with van der Waals surface area (Å²) in [5.41, 5.74) is 0. The molecule has 1 aromatic rings. The van der Waals surface area contributed by atoms with Crippen LogP contribution in [0.5, 0.6) is 0 Å². The van der Waals surface area contributed by atoms with Crippen LogP contribution < -0.4 is 4.72 Å². The maximum absolute atomic E-state index is 11.3. The van der Waals surface area contributed by atoms with Crippen molar-refractivity contribution in [3.05, 3.63) is 17.3 Å². The summed E-state index contributed by atoms with van der Waals surface area (Å²) in [6.07, 6.45) is -0.476. The Balaban J connectivity index is 2.65. The third-order valence-electron chi connectivity index (χ3n) is 1.48. The molecule has 0 amide bonds. The number of hydrogen-bond donors (Lipinski definition) is 2. The zero-order valence-corrected chi connectivity index (χ0v) is 9.49. The first-order chi connectivity index (χ1) is 7.39. The van der Waals surface area contributed by atoms with Gasteiger partial charge in [0.15, 0.2) is 11.0 Å². The summed E-state index contributed by atoms with van der Waals surface area (Å²) in [6.45, 7) is 0. The fourth-order valence-corrected chi connectivity index (χ4v) is 1.88. The van der Waals surface area contributed by atoms with E-state index in [1.54, 1.807) is 0 Å². The molecule has 1 rings (SSSR count). The Morgan fingerprint density at radius 1 is 1.44 bits per heavy atom. The number of carboxylic acids is 1. The molecule has 0 saturated carbocycles. The highest BCUT2D eigenvalue weighted by Crippen LogP contribution is 2.08. The summed E-state index contributed by atoms with van der Waals surface area (Å²) in [4.78, 5) is 10.2. The van der Waals surface area contributed by atoms with Crippen molar-refractivity contribution in [3.8, 4) is 0 Å². The van der Waals surface area contributed by atoms with Gasteiger partial charge in [0.1, 0.15) is 0 Å². The van der Waals surface area contributed by atoms with Crippen LogP contribution >= 0.6 is 11.6 Å². The number of carbonyl (C=O) groups is 1. The van der Waals surface area contributed by atoms with Crippen molar-refractivity contribution in [2.24, 2.45) is 0 Å². The van der Waals surface area contributed by atoms with Gasteiger partial charge in [0.25, 0.3) is 0 Å². The molecule has 0 aliphatic heterocycles. The Hall–Kier alpha value is -1.41. The minimum atomic E-state index is -3.72. The highest BCUT2D eigenvalue weighted by molar-refractivity contribution is 7.92. The molecule has 0 aliphatic carbocycles. The summed E-state index contributed by atoms with van der Waals surface area (Å²) < 4.78 is 24.7. The Kier molecular flexibility index (Phi) is 4.02. The molecule has 9 heteroatoms. The lowest BCUT2D eigenvalue weighted by atomic mass is 10.5. The molecule has 88 valence electrons. The van der Waals surface area contributed by atoms with Gasteiger partial charge in [-0.3, -0.25) is 9.52 Å². The zero-order chi connectivity index (χ0) is 12.2. The molecular formula is C7H8ClN3O4S. The first kappa shape index (κ1) is 12.7. The van der Waals surface area contributed by atoms with Crippen LogP contribution in [0.25, 0.3) is 0 Å². The molecule has 16 heavy (non-hydrogen) atoms. The van der Waals surface area contributed by atoms with Gasteiger partial charge in [-0.25, -0.2) is 8.42 Å². The molecule has 0 fully saturated rings. The van der Waals surface area contributed by atoms with E-state index in [0.717, 1.165) is 0 Å². The van der Waals surface area contributed by atoms with Crippen LogP contribution in [0.15, 0.2) is 12.1 Å². The Labute approximate surface area is 96.5 Å². The molecule has 1 aromatic heterocycles. The fourth-order valence-electron chi connectivity index (χ4n) is 0.802. The van der Waals surface area contributed by atoms with Crippen LogP contribution in [0, 0.1) is 0 Å². The summed E-state index contributed by atoms with van der Waals surface area (Å²) >= 11 is 5.46. The first-order valence-electron chi connectivity index (χ1n) is 4.10. The topological polar surface area (TPSA) is 109 Å². The van der Waals surface area contributed by atoms with Gasteiger partial charge in [0, 0.05) is 0 Å². The second kappa shape index (κ2) is 5.08. The SMILES string of the molecule is O=C(O)CCS(=O)(=O)Nc1ccc(Cl)nn1. The van der Waals surface area contributed by atoms with E-state index in [-0.39, 0.29) is 11.0 Å². The lowest BCUT2D eigenvalue weighted by Crippen LogP contribution is -2.19. The van der Waals surface area contributed by atoms with Gasteiger partial charge in [0.2, 0.25) is 10.0 Å². The number of anilines is 1. The molecule has 0 atom stereocenters. The van der Waals surface area contributed by atoms with Gasteiger partial charge in [-0.15, -0.1) is 10.2 Å². The van der Waals surface area contributed by atoms with E-state index >= 15 is 0 Å². The van der Waals surface area contributed by atoms with E-state index in [2.05, 4.69) is 14.9 Å². The highest BCUT2D eigenvalue weighted by atomic mass is 35.5. The zero-order valence-electron chi connectivity index (χ0n) is 7.92. The van der Waals surface area contributed by atoms with Crippen LogP contribution in [0.2, 0.25) is 5.15 Å². The Bertz CT molecular complexity index is 473. The molecule has 0 aliphatic rings. The number of aliphatic carboxylic acids is 1. The van der Waals surface area contributed by atoms with Crippen LogP contribution in [0.3, 0.4) is 0 Å². The monoisotopic (exact) mass is 265 g/mol. The number of nitrogens with one attached hydrogen (secondary N) is 1. The molecular weight excluding hydrogens is 258 g/mol. The Morgan fingerprint density at radius 3 is 2.62 bits per heavy atom. The van der Waals surface area contributed by atoms with Crippen molar-refractivity contribution in [1.82, 2.24) is 10.2 Å². The molecule has 0 bridgehead atoms. The number of halogens is 1. The number of nitrogens with zero attached hydrogens (tertiary/aromatic N) is 2. The lowest BCUT2D eigenvalue weighted by molar-refractivity contribution is -0.136. The molecule has 2 N–H and O–H groups in total. The predicted molar refractivity (Wildman–Crippen MR) is 56.7 cm³/mol. The second-order valence-electron chi connectivity index (χ2n) is 2.81. The van der Waals surface area contributed by atoms with Crippen molar-refractivity contribution in [2.75, 3.05) is 10.5 Å². The fraction of sp³-hybridized carbons (Fsp3) is 0.286. The minimum absolute atomic E-state index is 0.00483. The van der Waals surface area contributed by atoms with Gasteiger partial charge in [-0.05, 0) is 12.1 Å². The summed E-state index contributed by atoms with van der Waals surface area (Å²) in [5, 5.41) is 15.4. The first-order valence-corrected chi connectivity index (χ1v) is 6.13. The molecule has 0 unspecified atom stereocenters. The quantitative estimate of drug-likeness (QED) is 0.795. The number of hydrogen-bond acceptors (Lipinski definition) is 5. The average molecular weight is 266 g/mol. The largest absolute Gasteiger partial charge is 0.481 e. The van der Waals surface area contributed by atoms with E-state index < -0.39 is 28.2 Å². The molecule has 0 saturated heterocycles. The van der Waals surface area contributed by atoms with E-state index in [4.69, 9.17) is 16.7 Å². The van der Waals surface area contributed by atoms with Crippen molar-refractivity contribution in [1.29, 1.82) is 0 Å². The van der Waals surface area contributed by atoms with E-state index in [9.17, 15) is 13.2 Å². The third kappa shape index (κ3) is 4.41. The van der Waals surface area contributed by atoms with Crippen LogP contribution in [-0.2, 0) is 14.8 Å². The lowest BCUT2D eigenvalue weighted by Gasteiger charge is -2.04. The Morgan fingerprint density at radius 2 is 2.12 bits per heavy atom. The summed E-state index contributed by atoms with van der Waals surface area (Å²) in [5.74, 6) is -1.71. The normalized spacial score (nSPS) is 11.1. The average Bonchev–Trinajstić information content (AvgIpc) is 2.19. The highest BCUT2D eigenvalue weighted by Gasteiger charge is 2.13. The molecule has 0 radical (unpaired) electrons. The minimum Gasteiger partial charge on any atom is -0.481 e. The second-order valence-corrected chi connectivity index (χ2v) is 5.04. The van der Waals surface area contributed by atoms with Crippen LogP contribution in [0.1, 0.15) is 6.42 Å². The number of sulfonamides is 1. The van der Waals surface area contributed by atoms with Crippen molar-refractivity contribution in [2.45, 2.75) is 6.42 Å². The number of carboxylic acid groups (broad SMARTS) is 1. The standard InChI is InChI=1S/C7H8ClN3O4S/c8-5-1-2-6(10-9-5)11-16(14,15)4-3-7(12)13/h1-2H,3-4H2,(H,10,11)(H,12,13). The van der Waals surface area contributed by atoms with Crippen LogP contribution in [-0.4, -0.2) is 35.4 Å². The predicted octanol–water partition coefficient (Wildman–Crippen LogP) is 0.346. The van der Waals surface area contributed by atoms with Gasteiger partial charge in [-0.2, -0.15) is 0 Å². The van der Waals surface area contributed by atoms with Gasteiger partial charge in [0.05, 0.1) is 12.2 Å². The van der Waals surface area contributed by atoms with Crippen molar-refractivity contribution < 1.29 is 18.3 Å². The van der Waals surface area contributed by atoms with Gasteiger partial charge in [-0.1, -0.05) is 11.6 Å². The summed E-state index contributed by atoms with van der Waals surface area (Å²) in [6, 6.07) is 2.69. The smallest absolute Gasteiger partial charge is 0.304 e. The van der Waals surface area contributed by atoms with E-state index in [0.29, 0.717) is 0 Å². The number of rotatable bonds is 5. The van der Waals surface area contributed by atoms with Gasteiger partial charge >= 0.3 is 5.97 Å².